The van der Waals surface area contributed by atoms with Crippen LogP contribution in [0, 0.1) is 0 Å². The Morgan fingerprint density at radius 3 is 2.50 bits per heavy atom. The minimum Gasteiger partial charge on any atom is -0.385 e. The fourth-order valence-corrected chi connectivity index (χ4v) is 2.36. The van der Waals surface area contributed by atoms with Crippen molar-refractivity contribution in [1.82, 2.24) is 0 Å². The van der Waals surface area contributed by atoms with Gasteiger partial charge < -0.3 is 10.5 Å². The Balaban J connectivity index is 2.44. The summed E-state index contributed by atoms with van der Waals surface area (Å²) in [6, 6.07) is 7.18. The number of ether oxygens (including phenoxy) is 1. The maximum absolute atomic E-state index is 13.0. The minimum atomic E-state index is -4.60. The first-order chi connectivity index (χ1) is 9.08. The van der Waals surface area contributed by atoms with Gasteiger partial charge in [0.05, 0.1) is 6.61 Å². The molecular formula is C13H14BrF3N2O. The van der Waals surface area contributed by atoms with Crippen LogP contribution >= 0.6 is 15.9 Å². The largest absolute Gasteiger partial charge is 0.424 e. The molecule has 0 aromatic heterocycles. The molecule has 0 bridgehead atoms. The lowest BCUT2D eigenvalue weighted by Crippen LogP contribution is -2.60. The predicted molar refractivity (Wildman–Crippen MR) is 73.5 cm³/mol. The third-order valence-corrected chi connectivity index (χ3v) is 3.98. The molecule has 110 valence electrons. The molecule has 7 heteroatoms. The molecule has 3 nitrogen and oxygen atoms in total. The summed E-state index contributed by atoms with van der Waals surface area (Å²) < 4.78 is 44.9. The van der Waals surface area contributed by atoms with Crippen molar-refractivity contribution in [2.75, 3.05) is 6.61 Å². The first-order valence-corrected chi connectivity index (χ1v) is 6.70. The highest BCUT2D eigenvalue weighted by atomic mass is 79.9. The van der Waals surface area contributed by atoms with E-state index in [2.05, 4.69) is 20.9 Å². The summed E-state index contributed by atoms with van der Waals surface area (Å²) >= 11 is 3.32. The van der Waals surface area contributed by atoms with Crippen LogP contribution in [0.3, 0.4) is 0 Å². The van der Waals surface area contributed by atoms with Gasteiger partial charge in [-0.25, -0.2) is 0 Å². The van der Waals surface area contributed by atoms with Crippen LogP contribution in [-0.2, 0) is 10.3 Å². The minimum absolute atomic E-state index is 0.194. The molecule has 1 aliphatic heterocycles. The summed E-state index contributed by atoms with van der Waals surface area (Å²) in [5, 5.41) is 0. The first kappa shape index (κ1) is 15.3. The molecule has 0 amide bonds. The number of benzene rings is 1. The van der Waals surface area contributed by atoms with Crippen molar-refractivity contribution < 1.29 is 17.9 Å². The van der Waals surface area contributed by atoms with Gasteiger partial charge in [0, 0.05) is 4.47 Å². The highest BCUT2D eigenvalue weighted by molar-refractivity contribution is 9.10. The third kappa shape index (κ3) is 2.44. The second kappa shape index (κ2) is 4.73. The number of nitrogens with zero attached hydrogens (tertiary/aromatic N) is 1. The quantitative estimate of drug-likeness (QED) is 0.843. The zero-order valence-corrected chi connectivity index (χ0v) is 12.5. The SMILES string of the molecule is C[C@@]1(c2cccc(Br)c2)CO[C@@](C)(C(F)(F)F)C(N)=N1. The summed E-state index contributed by atoms with van der Waals surface area (Å²) in [4.78, 5) is 4.07. The molecule has 0 saturated carbocycles. The number of hydrogen-bond acceptors (Lipinski definition) is 3. The number of aliphatic imine (C=N–C) groups is 1. The second-order valence-electron chi connectivity index (χ2n) is 5.10. The predicted octanol–water partition coefficient (Wildman–Crippen LogP) is 3.37. The number of rotatable bonds is 1. The smallest absolute Gasteiger partial charge is 0.385 e. The van der Waals surface area contributed by atoms with E-state index in [1.807, 2.05) is 6.07 Å². The summed E-state index contributed by atoms with van der Waals surface area (Å²) in [5.74, 6) is -0.557. The van der Waals surface area contributed by atoms with Gasteiger partial charge in [-0.15, -0.1) is 0 Å². The Morgan fingerprint density at radius 2 is 2.00 bits per heavy atom. The summed E-state index contributed by atoms with van der Waals surface area (Å²) in [7, 11) is 0. The molecule has 0 fully saturated rings. The number of halogens is 4. The van der Waals surface area contributed by atoms with Crippen LogP contribution in [0.15, 0.2) is 33.7 Å². The molecule has 0 saturated heterocycles. The number of amidine groups is 1. The van der Waals surface area contributed by atoms with E-state index < -0.39 is 23.2 Å². The Hall–Kier alpha value is -1.08. The molecular weight excluding hydrogens is 337 g/mol. The number of alkyl halides is 3. The van der Waals surface area contributed by atoms with Gasteiger partial charge in [0.2, 0.25) is 5.60 Å². The van der Waals surface area contributed by atoms with E-state index in [9.17, 15) is 13.2 Å². The van der Waals surface area contributed by atoms with Crippen LogP contribution in [0.1, 0.15) is 19.4 Å². The van der Waals surface area contributed by atoms with E-state index in [0.717, 1.165) is 17.0 Å². The Morgan fingerprint density at radius 1 is 1.35 bits per heavy atom. The van der Waals surface area contributed by atoms with Crippen molar-refractivity contribution in [3.63, 3.8) is 0 Å². The van der Waals surface area contributed by atoms with Gasteiger partial charge in [0.25, 0.3) is 0 Å². The lowest BCUT2D eigenvalue weighted by atomic mass is 9.90. The first-order valence-electron chi connectivity index (χ1n) is 5.91. The molecule has 2 N–H and O–H groups in total. The van der Waals surface area contributed by atoms with Crippen LogP contribution < -0.4 is 5.73 Å². The highest BCUT2D eigenvalue weighted by Crippen LogP contribution is 2.40. The van der Waals surface area contributed by atoms with Gasteiger partial charge in [0.15, 0.2) is 0 Å². The molecule has 0 unspecified atom stereocenters. The topological polar surface area (TPSA) is 47.6 Å². The third-order valence-electron chi connectivity index (χ3n) is 3.49. The fourth-order valence-electron chi connectivity index (χ4n) is 1.96. The molecule has 20 heavy (non-hydrogen) atoms. The van der Waals surface area contributed by atoms with Crippen LogP contribution in [-0.4, -0.2) is 24.2 Å². The zero-order valence-electron chi connectivity index (χ0n) is 11.0. The van der Waals surface area contributed by atoms with Crippen molar-refractivity contribution in [1.29, 1.82) is 0 Å². The zero-order chi connectivity index (χ0) is 15.2. The lowest BCUT2D eigenvalue weighted by Gasteiger charge is -2.40. The van der Waals surface area contributed by atoms with Crippen LogP contribution in [0.25, 0.3) is 0 Å². The molecule has 2 atom stereocenters. The summed E-state index contributed by atoms with van der Waals surface area (Å²) in [6.45, 7) is 2.39. The van der Waals surface area contributed by atoms with Crippen molar-refractivity contribution in [3.05, 3.63) is 34.3 Å². The van der Waals surface area contributed by atoms with Gasteiger partial charge >= 0.3 is 6.18 Å². The van der Waals surface area contributed by atoms with Gasteiger partial charge in [-0.3, -0.25) is 4.99 Å². The van der Waals surface area contributed by atoms with Crippen LogP contribution in [0.4, 0.5) is 13.2 Å². The monoisotopic (exact) mass is 350 g/mol. The van der Waals surface area contributed by atoms with Gasteiger partial charge in [-0.2, -0.15) is 13.2 Å². The van der Waals surface area contributed by atoms with Crippen LogP contribution in [0.2, 0.25) is 0 Å². The summed E-state index contributed by atoms with van der Waals surface area (Å²) in [5.41, 5.74) is 2.82. The maximum Gasteiger partial charge on any atom is 0.424 e. The molecule has 0 spiro atoms. The fraction of sp³-hybridized carbons (Fsp3) is 0.462. The van der Waals surface area contributed by atoms with E-state index in [1.165, 1.54) is 0 Å². The average molecular weight is 351 g/mol. The normalized spacial score (nSPS) is 31.0. The van der Waals surface area contributed by atoms with E-state index in [0.29, 0.717) is 0 Å². The lowest BCUT2D eigenvalue weighted by molar-refractivity contribution is -0.249. The van der Waals surface area contributed by atoms with Gasteiger partial charge in [-0.1, -0.05) is 28.1 Å². The Labute approximate surface area is 123 Å². The number of hydrogen-bond donors (Lipinski definition) is 1. The molecule has 0 radical (unpaired) electrons. The highest BCUT2D eigenvalue weighted by Gasteiger charge is 2.58. The average Bonchev–Trinajstić information content (AvgIpc) is 2.33. The summed E-state index contributed by atoms with van der Waals surface area (Å²) in [6.07, 6.45) is -4.60. The van der Waals surface area contributed by atoms with Gasteiger partial charge in [0.1, 0.15) is 11.4 Å². The maximum atomic E-state index is 13.0. The van der Waals surface area contributed by atoms with Crippen molar-refractivity contribution in [2.45, 2.75) is 31.2 Å². The number of nitrogens with two attached hydrogens (primary N) is 1. The Bertz CT molecular complexity index is 561. The molecule has 1 heterocycles. The van der Waals surface area contributed by atoms with E-state index in [4.69, 9.17) is 10.5 Å². The second-order valence-corrected chi connectivity index (χ2v) is 6.02. The molecule has 2 rings (SSSR count). The molecule has 1 aromatic rings. The Kier molecular flexibility index (Phi) is 3.62. The molecule has 0 aliphatic carbocycles. The van der Waals surface area contributed by atoms with E-state index in [1.54, 1.807) is 25.1 Å². The standard InChI is InChI=1S/C13H14BrF3N2O/c1-11(8-4-3-5-9(14)6-8)7-20-12(2,10(18)19-11)13(15,16)17/h3-6H,7H2,1-2H3,(H2,18,19)/t11-,12+/m0/s1. The van der Waals surface area contributed by atoms with Gasteiger partial charge in [-0.05, 0) is 31.5 Å². The van der Waals surface area contributed by atoms with Crippen molar-refractivity contribution in [3.8, 4) is 0 Å². The van der Waals surface area contributed by atoms with Crippen molar-refractivity contribution in [2.24, 2.45) is 10.7 Å². The van der Waals surface area contributed by atoms with Crippen molar-refractivity contribution >= 4 is 21.8 Å². The van der Waals surface area contributed by atoms with E-state index >= 15 is 0 Å². The van der Waals surface area contributed by atoms with E-state index in [-0.39, 0.29) is 6.61 Å². The molecule has 1 aliphatic rings. The van der Waals surface area contributed by atoms with Crippen LogP contribution in [0.5, 0.6) is 0 Å². The molecule has 1 aromatic carbocycles.